The lowest BCUT2D eigenvalue weighted by molar-refractivity contribution is 0.623. The molecule has 114 valence electrons. The number of hydrogen-bond acceptors (Lipinski definition) is 4. The molecule has 2 aromatic heterocycles. The number of aromatic nitrogens is 4. The predicted molar refractivity (Wildman–Crippen MR) is 90.5 cm³/mol. The van der Waals surface area contributed by atoms with Crippen molar-refractivity contribution in [1.82, 2.24) is 19.6 Å². The number of rotatable bonds is 2. The minimum absolute atomic E-state index is 0.338. The van der Waals surface area contributed by atoms with E-state index in [4.69, 9.17) is 0 Å². The maximum atomic E-state index is 14.1. The molecule has 5 nitrogen and oxygen atoms in total. The van der Waals surface area contributed by atoms with Crippen molar-refractivity contribution in [2.75, 3.05) is 11.9 Å². The molecule has 0 radical (unpaired) electrons. The average molecular weight is 372 g/mol. The van der Waals surface area contributed by atoms with E-state index in [-0.39, 0.29) is 5.82 Å². The molecule has 0 fully saturated rings. The standard InChI is InChI=1S/C16H11BrFN5/c1-22(10-5-3-2-4-6-10)15-11-7-13(18)12(17)8-14(11)23-9-19-21-16(23)20-15/h2-9H,1H3. The number of para-hydroxylation sites is 1. The summed E-state index contributed by atoms with van der Waals surface area (Å²) in [5.41, 5.74) is 1.74. The molecule has 0 bridgehead atoms. The first-order valence-corrected chi connectivity index (χ1v) is 7.72. The van der Waals surface area contributed by atoms with Crippen LogP contribution in [-0.4, -0.2) is 26.6 Å². The summed E-state index contributed by atoms with van der Waals surface area (Å²) in [6, 6.07) is 13.0. The van der Waals surface area contributed by atoms with E-state index in [1.165, 1.54) is 6.07 Å². The number of anilines is 2. The minimum Gasteiger partial charge on any atom is -0.329 e. The minimum atomic E-state index is -0.338. The van der Waals surface area contributed by atoms with Crippen molar-refractivity contribution < 1.29 is 4.39 Å². The van der Waals surface area contributed by atoms with Crippen LogP contribution in [0.1, 0.15) is 0 Å². The molecule has 2 heterocycles. The first kappa shape index (κ1) is 14.1. The maximum Gasteiger partial charge on any atom is 0.257 e. The van der Waals surface area contributed by atoms with Gasteiger partial charge in [-0.15, -0.1) is 10.2 Å². The topological polar surface area (TPSA) is 46.3 Å². The third kappa shape index (κ3) is 2.24. The highest BCUT2D eigenvalue weighted by atomic mass is 79.9. The van der Waals surface area contributed by atoms with Crippen LogP contribution < -0.4 is 4.90 Å². The summed E-state index contributed by atoms with van der Waals surface area (Å²) in [7, 11) is 1.89. The summed E-state index contributed by atoms with van der Waals surface area (Å²) in [5, 5.41) is 8.61. The van der Waals surface area contributed by atoms with Crippen LogP contribution in [-0.2, 0) is 0 Å². The quantitative estimate of drug-likeness (QED) is 0.535. The van der Waals surface area contributed by atoms with Crippen molar-refractivity contribution in [3.63, 3.8) is 0 Å². The van der Waals surface area contributed by atoms with Crippen LogP contribution in [0.3, 0.4) is 0 Å². The second-order valence-electron chi connectivity index (χ2n) is 5.11. The van der Waals surface area contributed by atoms with Crippen LogP contribution in [0, 0.1) is 5.82 Å². The fourth-order valence-corrected chi connectivity index (χ4v) is 2.91. The molecule has 0 saturated heterocycles. The Bertz CT molecular complexity index is 1020. The molecular weight excluding hydrogens is 361 g/mol. The smallest absolute Gasteiger partial charge is 0.257 e. The molecule has 0 unspecified atom stereocenters. The van der Waals surface area contributed by atoms with Crippen LogP contribution in [0.5, 0.6) is 0 Å². The lowest BCUT2D eigenvalue weighted by atomic mass is 10.2. The van der Waals surface area contributed by atoms with Gasteiger partial charge in [0.2, 0.25) is 0 Å². The van der Waals surface area contributed by atoms with Gasteiger partial charge in [0, 0.05) is 18.1 Å². The summed E-state index contributed by atoms with van der Waals surface area (Å²) in [6.07, 6.45) is 1.57. The molecule has 23 heavy (non-hydrogen) atoms. The molecule has 0 amide bonds. The predicted octanol–water partition coefficient (Wildman–Crippen LogP) is 3.95. The molecule has 0 spiro atoms. The van der Waals surface area contributed by atoms with E-state index in [1.54, 1.807) is 16.8 Å². The first-order chi connectivity index (χ1) is 11.1. The molecule has 0 aliphatic carbocycles. The Balaban J connectivity index is 2.06. The first-order valence-electron chi connectivity index (χ1n) is 6.92. The SMILES string of the molecule is CN(c1ccccc1)c1nc2nncn2c2cc(Br)c(F)cc12. The lowest BCUT2D eigenvalue weighted by Crippen LogP contribution is -2.13. The van der Waals surface area contributed by atoms with E-state index in [2.05, 4.69) is 31.1 Å². The Morgan fingerprint density at radius 3 is 2.74 bits per heavy atom. The van der Waals surface area contributed by atoms with Gasteiger partial charge >= 0.3 is 0 Å². The van der Waals surface area contributed by atoms with Gasteiger partial charge in [0.25, 0.3) is 5.78 Å². The second-order valence-corrected chi connectivity index (χ2v) is 5.97. The van der Waals surface area contributed by atoms with Gasteiger partial charge in [-0.1, -0.05) is 18.2 Å². The van der Waals surface area contributed by atoms with Crippen molar-refractivity contribution in [2.45, 2.75) is 0 Å². The van der Waals surface area contributed by atoms with Gasteiger partial charge in [-0.2, -0.15) is 4.98 Å². The molecule has 0 saturated carbocycles. The van der Waals surface area contributed by atoms with Crippen LogP contribution >= 0.6 is 15.9 Å². The summed E-state index contributed by atoms with van der Waals surface area (Å²) in [4.78, 5) is 6.45. The van der Waals surface area contributed by atoms with E-state index in [1.807, 2.05) is 42.3 Å². The Morgan fingerprint density at radius 1 is 1.17 bits per heavy atom. The number of hydrogen-bond donors (Lipinski definition) is 0. The normalized spacial score (nSPS) is 11.3. The zero-order valence-electron chi connectivity index (χ0n) is 12.1. The number of nitrogens with zero attached hydrogens (tertiary/aromatic N) is 5. The zero-order valence-corrected chi connectivity index (χ0v) is 13.7. The van der Waals surface area contributed by atoms with Crippen molar-refractivity contribution in [3.8, 4) is 0 Å². The summed E-state index contributed by atoms with van der Waals surface area (Å²) < 4.78 is 16.2. The van der Waals surface area contributed by atoms with Gasteiger partial charge in [0.1, 0.15) is 18.0 Å². The van der Waals surface area contributed by atoms with Gasteiger partial charge in [0.15, 0.2) is 0 Å². The number of halogens is 2. The van der Waals surface area contributed by atoms with Crippen LogP contribution in [0.4, 0.5) is 15.9 Å². The van der Waals surface area contributed by atoms with E-state index in [0.29, 0.717) is 21.5 Å². The van der Waals surface area contributed by atoms with E-state index >= 15 is 0 Å². The fourth-order valence-electron chi connectivity index (χ4n) is 2.57. The van der Waals surface area contributed by atoms with Gasteiger partial charge in [-0.25, -0.2) is 4.39 Å². The van der Waals surface area contributed by atoms with Crippen molar-refractivity contribution in [3.05, 3.63) is 59.1 Å². The summed E-state index contributed by atoms with van der Waals surface area (Å²) in [6.45, 7) is 0. The van der Waals surface area contributed by atoms with Gasteiger partial charge in [0.05, 0.1) is 9.99 Å². The number of fused-ring (bicyclic) bond motifs is 3. The maximum absolute atomic E-state index is 14.1. The van der Waals surface area contributed by atoms with Gasteiger partial charge in [-0.05, 0) is 40.2 Å². The Labute approximate surface area is 139 Å². The Hall–Kier alpha value is -2.54. The highest BCUT2D eigenvalue weighted by Crippen LogP contribution is 2.32. The Morgan fingerprint density at radius 2 is 1.96 bits per heavy atom. The van der Waals surface area contributed by atoms with Crippen LogP contribution in [0.15, 0.2) is 53.3 Å². The van der Waals surface area contributed by atoms with E-state index < -0.39 is 0 Å². The van der Waals surface area contributed by atoms with Gasteiger partial charge < -0.3 is 4.90 Å². The highest BCUT2D eigenvalue weighted by molar-refractivity contribution is 9.10. The molecule has 0 atom stereocenters. The Kier molecular flexibility index (Phi) is 3.23. The summed E-state index contributed by atoms with van der Waals surface area (Å²) >= 11 is 3.23. The van der Waals surface area contributed by atoms with E-state index in [0.717, 1.165) is 11.2 Å². The molecule has 7 heteroatoms. The fraction of sp³-hybridized carbons (Fsp3) is 0.0625. The van der Waals surface area contributed by atoms with Gasteiger partial charge in [-0.3, -0.25) is 4.40 Å². The monoisotopic (exact) mass is 371 g/mol. The number of benzene rings is 2. The van der Waals surface area contributed by atoms with E-state index in [9.17, 15) is 4.39 Å². The zero-order chi connectivity index (χ0) is 16.0. The molecule has 0 aliphatic rings. The second kappa shape index (κ2) is 5.27. The van der Waals surface area contributed by atoms with Crippen LogP contribution in [0.25, 0.3) is 16.7 Å². The third-order valence-electron chi connectivity index (χ3n) is 3.74. The summed E-state index contributed by atoms with van der Waals surface area (Å²) in [5.74, 6) is 0.751. The largest absolute Gasteiger partial charge is 0.329 e. The molecule has 4 rings (SSSR count). The van der Waals surface area contributed by atoms with Crippen molar-refractivity contribution in [1.29, 1.82) is 0 Å². The molecule has 0 aliphatic heterocycles. The lowest BCUT2D eigenvalue weighted by Gasteiger charge is -2.20. The molecular formula is C16H11BrFN5. The molecule has 2 aromatic carbocycles. The third-order valence-corrected chi connectivity index (χ3v) is 4.34. The van der Waals surface area contributed by atoms with Crippen molar-refractivity contribution in [2.24, 2.45) is 0 Å². The van der Waals surface area contributed by atoms with Crippen LogP contribution in [0.2, 0.25) is 0 Å². The molecule has 4 aromatic rings. The van der Waals surface area contributed by atoms with Crippen molar-refractivity contribution >= 4 is 44.1 Å². The highest BCUT2D eigenvalue weighted by Gasteiger charge is 2.16. The average Bonchev–Trinajstić information content (AvgIpc) is 3.04. The molecule has 0 N–H and O–H groups in total.